The second kappa shape index (κ2) is 14.6. The highest BCUT2D eigenvalue weighted by Crippen LogP contribution is 2.18. The normalized spacial score (nSPS) is 12.9. The number of pyridine rings is 1. The van der Waals surface area contributed by atoms with Gasteiger partial charge in [0.1, 0.15) is 23.6 Å². The molecule has 0 spiro atoms. The maximum atomic E-state index is 14.4. The molecule has 2 rings (SSSR count). The van der Waals surface area contributed by atoms with Gasteiger partial charge in [-0.25, -0.2) is 18.0 Å². The summed E-state index contributed by atoms with van der Waals surface area (Å²) in [6.45, 7) is 4.79. The predicted molar refractivity (Wildman–Crippen MR) is 131 cm³/mol. The van der Waals surface area contributed by atoms with Gasteiger partial charge in [0.15, 0.2) is 0 Å². The minimum absolute atomic E-state index is 0.0246. The summed E-state index contributed by atoms with van der Waals surface area (Å²) in [4.78, 5) is 20.8. The van der Waals surface area contributed by atoms with E-state index >= 15 is 0 Å². The minimum Gasteiger partial charge on any atom is -0.493 e. The molecule has 0 aliphatic heterocycles. The topological polar surface area (TPSA) is 57.7 Å². The van der Waals surface area contributed by atoms with Gasteiger partial charge >= 0.3 is 6.03 Å². The Bertz CT molecular complexity index is 910. The van der Waals surface area contributed by atoms with E-state index in [0.29, 0.717) is 25.2 Å². The second-order valence-corrected chi connectivity index (χ2v) is 8.96. The molecule has 0 fully saturated rings. The van der Waals surface area contributed by atoms with Crippen molar-refractivity contribution in [2.24, 2.45) is 0 Å². The number of urea groups is 1. The van der Waals surface area contributed by atoms with Crippen LogP contribution in [0.3, 0.4) is 0 Å². The average molecular weight is 495 g/mol. The summed E-state index contributed by atoms with van der Waals surface area (Å²) >= 11 is 0. The number of aromatic nitrogens is 1. The van der Waals surface area contributed by atoms with E-state index in [1.165, 1.54) is 6.92 Å². The molecular formula is C26H37F3N4O2. The average Bonchev–Trinajstić information content (AvgIpc) is 2.80. The van der Waals surface area contributed by atoms with Crippen molar-refractivity contribution in [1.82, 2.24) is 20.1 Å². The quantitative estimate of drug-likeness (QED) is 0.386. The van der Waals surface area contributed by atoms with Gasteiger partial charge in [-0.15, -0.1) is 0 Å². The zero-order chi connectivity index (χ0) is 25.8. The molecule has 1 heterocycles. The van der Waals surface area contributed by atoms with Crippen LogP contribution in [0.25, 0.3) is 0 Å². The fourth-order valence-electron chi connectivity index (χ4n) is 3.61. The van der Waals surface area contributed by atoms with Crippen molar-refractivity contribution in [3.63, 3.8) is 0 Å². The van der Waals surface area contributed by atoms with Crippen LogP contribution in [0.5, 0.6) is 5.75 Å². The van der Waals surface area contributed by atoms with Crippen molar-refractivity contribution < 1.29 is 22.7 Å². The molecule has 1 N–H and O–H groups in total. The summed E-state index contributed by atoms with van der Waals surface area (Å²) in [5, 5.41) is 2.91. The van der Waals surface area contributed by atoms with Crippen LogP contribution in [0, 0.1) is 11.6 Å². The van der Waals surface area contributed by atoms with Crippen molar-refractivity contribution in [1.29, 1.82) is 0 Å². The summed E-state index contributed by atoms with van der Waals surface area (Å²) in [5.74, 6) is -0.901. The molecule has 35 heavy (non-hydrogen) atoms. The molecule has 6 nitrogen and oxygen atoms in total. The van der Waals surface area contributed by atoms with Gasteiger partial charge in [-0.3, -0.25) is 4.98 Å². The molecule has 0 aliphatic rings. The zero-order valence-electron chi connectivity index (χ0n) is 21.1. The maximum Gasteiger partial charge on any atom is 0.318 e. The van der Waals surface area contributed by atoms with E-state index in [-0.39, 0.29) is 30.9 Å². The molecule has 1 aromatic heterocycles. The molecule has 0 radical (unpaired) electrons. The monoisotopic (exact) mass is 494 g/mol. The van der Waals surface area contributed by atoms with Crippen molar-refractivity contribution in [2.75, 3.05) is 27.2 Å². The summed E-state index contributed by atoms with van der Waals surface area (Å²) in [5.41, 5.74) is 0.882. The van der Waals surface area contributed by atoms with E-state index in [4.69, 9.17) is 4.74 Å². The van der Waals surface area contributed by atoms with Crippen molar-refractivity contribution >= 4 is 6.03 Å². The first-order valence-corrected chi connectivity index (χ1v) is 12.0. The van der Waals surface area contributed by atoms with Gasteiger partial charge in [0.05, 0.1) is 25.0 Å². The lowest BCUT2D eigenvalue weighted by atomic mass is 10.1. The molecule has 0 saturated carbocycles. The molecular weight excluding hydrogens is 457 g/mol. The van der Waals surface area contributed by atoms with E-state index < -0.39 is 17.8 Å². The number of hydrogen-bond acceptors (Lipinski definition) is 4. The third-order valence-corrected chi connectivity index (χ3v) is 5.59. The van der Waals surface area contributed by atoms with Crippen molar-refractivity contribution in [2.45, 2.75) is 64.8 Å². The molecule has 1 aromatic carbocycles. The third-order valence-electron chi connectivity index (χ3n) is 5.59. The Kier molecular flexibility index (Phi) is 11.8. The molecule has 2 amide bonds. The number of hydrogen-bond donors (Lipinski definition) is 1. The number of halogens is 3. The second-order valence-electron chi connectivity index (χ2n) is 8.96. The Morgan fingerprint density at radius 1 is 1.14 bits per heavy atom. The minimum atomic E-state index is -0.916. The molecule has 194 valence electrons. The van der Waals surface area contributed by atoms with Crippen LogP contribution in [-0.2, 0) is 13.1 Å². The fourth-order valence-corrected chi connectivity index (χ4v) is 3.61. The number of carbonyl (C=O) groups is 1. The smallest absolute Gasteiger partial charge is 0.318 e. The molecule has 2 unspecified atom stereocenters. The number of carbonyl (C=O) groups excluding carboxylic acids is 1. The lowest BCUT2D eigenvalue weighted by Crippen LogP contribution is -2.46. The number of benzene rings is 1. The Hall–Kier alpha value is -2.81. The largest absolute Gasteiger partial charge is 0.493 e. The summed E-state index contributed by atoms with van der Waals surface area (Å²) < 4.78 is 46.1. The van der Waals surface area contributed by atoms with Crippen LogP contribution in [-0.4, -0.2) is 60.3 Å². The van der Waals surface area contributed by atoms with Gasteiger partial charge < -0.3 is 19.9 Å². The molecule has 0 saturated heterocycles. The highest BCUT2D eigenvalue weighted by molar-refractivity contribution is 5.74. The Balaban J connectivity index is 2.10. The highest BCUT2D eigenvalue weighted by atomic mass is 19.1. The number of ether oxygens (including phenoxy) is 1. The fraction of sp³-hybridized carbons (Fsp3) is 0.538. The zero-order valence-corrected chi connectivity index (χ0v) is 21.1. The van der Waals surface area contributed by atoms with Gasteiger partial charge in [-0.2, -0.15) is 0 Å². The summed E-state index contributed by atoms with van der Waals surface area (Å²) in [7, 11) is 3.92. The third kappa shape index (κ3) is 10.1. The van der Waals surface area contributed by atoms with E-state index in [1.54, 1.807) is 17.0 Å². The lowest BCUT2D eigenvalue weighted by molar-refractivity contribution is 0.153. The molecule has 0 aliphatic carbocycles. The number of alkyl halides is 1. The van der Waals surface area contributed by atoms with E-state index in [9.17, 15) is 18.0 Å². The first-order chi connectivity index (χ1) is 16.7. The van der Waals surface area contributed by atoms with Crippen LogP contribution in [0.4, 0.5) is 18.0 Å². The van der Waals surface area contributed by atoms with Crippen LogP contribution in [0.2, 0.25) is 0 Å². The van der Waals surface area contributed by atoms with Gasteiger partial charge in [-0.1, -0.05) is 25.5 Å². The van der Waals surface area contributed by atoms with E-state index in [1.807, 2.05) is 38.1 Å². The molecule has 2 aromatic rings. The van der Waals surface area contributed by atoms with E-state index in [2.05, 4.69) is 10.3 Å². The van der Waals surface area contributed by atoms with Crippen molar-refractivity contribution in [3.8, 4) is 5.75 Å². The highest BCUT2D eigenvalue weighted by Gasteiger charge is 2.25. The Labute approximate surface area is 206 Å². The first-order valence-electron chi connectivity index (χ1n) is 12.0. The van der Waals surface area contributed by atoms with E-state index in [0.717, 1.165) is 37.2 Å². The number of nitrogens with zero attached hydrogens (tertiary/aromatic N) is 3. The van der Waals surface area contributed by atoms with Gasteiger partial charge in [-0.05, 0) is 58.1 Å². The van der Waals surface area contributed by atoms with Crippen LogP contribution in [0.1, 0.15) is 50.8 Å². The van der Waals surface area contributed by atoms with Gasteiger partial charge in [0.25, 0.3) is 0 Å². The molecule has 0 bridgehead atoms. The lowest BCUT2D eigenvalue weighted by Gasteiger charge is -2.32. The summed E-state index contributed by atoms with van der Waals surface area (Å²) in [6, 6.07) is 7.51. The Morgan fingerprint density at radius 2 is 1.86 bits per heavy atom. The first kappa shape index (κ1) is 28.4. The maximum absolute atomic E-state index is 14.4. The van der Waals surface area contributed by atoms with Crippen LogP contribution >= 0.6 is 0 Å². The van der Waals surface area contributed by atoms with Crippen molar-refractivity contribution in [3.05, 3.63) is 59.4 Å². The molecule has 2 atom stereocenters. The molecule has 9 heteroatoms. The SMILES string of the molecule is CCCC(CCN(C)C)N(Cc1ncc(F)cc1F)C(=O)NCc1ccc(OCCC(C)F)cc1. The predicted octanol–water partition coefficient (Wildman–Crippen LogP) is 5.32. The number of rotatable bonds is 14. The van der Waals surface area contributed by atoms with Gasteiger partial charge in [0.2, 0.25) is 0 Å². The standard InChI is InChI=1S/C26H37F3N4O2/c1-5-6-22(11-13-32(3)4)33(18-25-24(29)15-21(28)17-30-25)26(34)31-16-20-7-9-23(10-8-20)35-14-12-19(2)27/h7-10,15,17,19,22H,5-6,11-14,16,18H2,1-4H3,(H,31,34). The number of nitrogens with one attached hydrogen (secondary N) is 1. The number of amides is 2. The van der Waals surface area contributed by atoms with Crippen LogP contribution < -0.4 is 10.1 Å². The Morgan fingerprint density at radius 3 is 2.46 bits per heavy atom. The van der Waals surface area contributed by atoms with Crippen LogP contribution in [0.15, 0.2) is 36.5 Å². The van der Waals surface area contributed by atoms with Gasteiger partial charge in [0, 0.05) is 25.1 Å². The summed E-state index contributed by atoms with van der Waals surface area (Å²) in [6.07, 6.45) is 2.67.